The zero-order valence-corrected chi connectivity index (χ0v) is 17.4. The van der Waals surface area contributed by atoms with Gasteiger partial charge in [0.2, 0.25) is 15.9 Å². The Morgan fingerprint density at radius 3 is 2.39 bits per heavy atom. The van der Waals surface area contributed by atoms with Crippen LogP contribution in [-0.4, -0.2) is 40.3 Å². The van der Waals surface area contributed by atoms with Crippen molar-refractivity contribution in [1.29, 1.82) is 0 Å². The number of hydrogen-bond acceptors (Lipinski definition) is 4. The molecule has 0 aliphatic heterocycles. The average Bonchev–Trinajstić information content (AvgIpc) is 2.68. The topological polar surface area (TPSA) is 84.5 Å². The van der Waals surface area contributed by atoms with E-state index in [-0.39, 0.29) is 24.2 Å². The minimum atomic E-state index is -3.52. The number of sulfonamides is 1. The van der Waals surface area contributed by atoms with Gasteiger partial charge in [0.05, 0.1) is 18.3 Å². The van der Waals surface area contributed by atoms with E-state index in [0.29, 0.717) is 13.0 Å². The van der Waals surface area contributed by atoms with Gasteiger partial charge in [0.1, 0.15) is 0 Å². The van der Waals surface area contributed by atoms with Crippen LogP contribution in [0.15, 0.2) is 48.5 Å². The molecule has 0 saturated heterocycles. The number of carbonyl (C=O) groups is 1. The number of aryl methyl sites for hydroxylation is 2. The lowest BCUT2D eigenvalue weighted by Gasteiger charge is -2.21. The molecule has 0 radical (unpaired) electrons. The Morgan fingerprint density at radius 1 is 1.04 bits per heavy atom. The molecule has 2 rings (SSSR count). The van der Waals surface area contributed by atoms with Crippen molar-refractivity contribution in [2.75, 3.05) is 26.0 Å². The fourth-order valence-electron chi connectivity index (χ4n) is 2.80. The van der Waals surface area contributed by atoms with Gasteiger partial charge in [-0.15, -0.1) is 0 Å². The van der Waals surface area contributed by atoms with E-state index in [4.69, 9.17) is 4.74 Å². The second-order valence-electron chi connectivity index (χ2n) is 6.74. The van der Waals surface area contributed by atoms with Crippen LogP contribution in [0.5, 0.6) is 0 Å². The van der Waals surface area contributed by atoms with Gasteiger partial charge >= 0.3 is 0 Å². The van der Waals surface area contributed by atoms with Crippen molar-refractivity contribution >= 4 is 15.9 Å². The third-order valence-corrected chi connectivity index (χ3v) is 5.93. The van der Waals surface area contributed by atoms with Crippen molar-refractivity contribution in [3.05, 3.63) is 70.8 Å². The van der Waals surface area contributed by atoms with E-state index < -0.39 is 10.0 Å². The second kappa shape index (κ2) is 10.4. The standard InChI is InChI=1S/C21H28N2O4S/c1-16-10-11-19(14-17(16)2)21(18-8-5-4-6-9-18)23-20(24)15-22-28(25,26)13-7-12-27-3/h4-6,8-11,14,21-22H,7,12-13,15H2,1-3H3,(H,23,24)/t21-/m1/s1. The molecule has 1 atom stereocenters. The first kappa shape index (κ1) is 22.1. The number of amides is 1. The summed E-state index contributed by atoms with van der Waals surface area (Å²) in [7, 11) is -2.00. The lowest BCUT2D eigenvalue weighted by molar-refractivity contribution is -0.120. The number of nitrogens with one attached hydrogen (secondary N) is 2. The highest BCUT2D eigenvalue weighted by Crippen LogP contribution is 2.24. The molecule has 2 aromatic rings. The predicted octanol–water partition coefficient (Wildman–Crippen LogP) is 2.46. The highest BCUT2D eigenvalue weighted by Gasteiger charge is 2.19. The Bertz CT molecular complexity index is 883. The molecule has 0 aliphatic carbocycles. The van der Waals surface area contributed by atoms with Crippen LogP contribution in [0.1, 0.15) is 34.7 Å². The van der Waals surface area contributed by atoms with Crippen LogP contribution in [0.4, 0.5) is 0 Å². The van der Waals surface area contributed by atoms with E-state index in [1.165, 1.54) is 12.7 Å². The lowest BCUT2D eigenvalue weighted by atomic mass is 9.95. The maximum Gasteiger partial charge on any atom is 0.235 e. The van der Waals surface area contributed by atoms with Crippen LogP contribution in [0.25, 0.3) is 0 Å². The van der Waals surface area contributed by atoms with Crippen LogP contribution < -0.4 is 10.0 Å². The minimum Gasteiger partial charge on any atom is -0.385 e. The first-order valence-electron chi connectivity index (χ1n) is 9.20. The minimum absolute atomic E-state index is 0.0760. The summed E-state index contributed by atoms with van der Waals surface area (Å²) in [4.78, 5) is 12.5. The van der Waals surface area contributed by atoms with Crippen molar-refractivity contribution in [3.63, 3.8) is 0 Å². The van der Waals surface area contributed by atoms with E-state index >= 15 is 0 Å². The Balaban J connectivity index is 2.10. The summed E-state index contributed by atoms with van der Waals surface area (Å²) in [6, 6.07) is 15.3. The summed E-state index contributed by atoms with van der Waals surface area (Å²) < 4.78 is 31.2. The lowest BCUT2D eigenvalue weighted by Crippen LogP contribution is -2.39. The van der Waals surface area contributed by atoms with Gasteiger partial charge in [-0.25, -0.2) is 13.1 Å². The molecule has 2 aromatic carbocycles. The van der Waals surface area contributed by atoms with Crippen LogP contribution >= 0.6 is 0 Å². The van der Waals surface area contributed by atoms with E-state index in [1.807, 2.05) is 62.4 Å². The van der Waals surface area contributed by atoms with Crippen molar-refractivity contribution < 1.29 is 17.9 Å². The number of rotatable bonds is 10. The number of benzene rings is 2. The quantitative estimate of drug-likeness (QED) is 0.596. The molecular formula is C21H28N2O4S. The van der Waals surface area contributed by atoms with Gasteiger partial charge in [-0.3, -0.25) is 4.79 Å². The highest BCUT2D eigenvalue weighted by atomic mass is 32.2. The van der Waals surface area contributed by atoms with E-state index in [9.17, 15) is 13.2 Å². The second-order valence-corrected chi connectivity index (χ2v) is 8.67. The van der Waals surface area contributed by atoms with Crippen molar-refractivity contribution in [2.45, 2.75) is 26.3 Å². The van der Waals surface area contributed by atoms with Crippen LogP contribution in [0.3, 0.4) is 0 Å². The maximum atomic E-state index is 12.5. The highest BCUT2D eigenvalue weighted by molar-refractivity contribution is 7.89. The van der Waals surface area contributed by atoms with Gasteiger partial charge in [-0.05, 0) is 42.5 Å². The van der Waals surface area contributed by atoms with Crippen molar-refractivity contribution in [2.24, 2.45) is 0 Å². The van der Waals surface area contributed by atoms with Gasteiger partial charge in [-0.2, -0.15) is 0 Å². The van der Waals surface area contributed by atoms with Gasteiger partial charge in [0.15, 0.2) is 0 Å². The normalized spacial score (nSPS) is 12.5. The Morgan fingerprint density at radius 2 is 1.75 bits per heavy atom. The zero-order valence-electron chi connectivity index (χ0n) is 16.6. The SMILES string of the molecule is COCCCS(=O)(=O)NCC(=O)N[C@H](c1ccccc1)c1ccc(C)c(C)c1. The smallest absolute Gasteiger partial charge is 0.235 e. The van der Waals surface area contributed by atoms with Crippen LogP contribution in [0.2, 0.25) is 0 Å². The van der Waals surface area contributed by atoms with Gasteiger partial charge in [-0.1, -0.05) is 48.5 Å². The summed E-state index contributed by atoms with van der Waals surface area (Å²) in [5.74, 6) is -0.463. The van der Waals surface area contributed by atoms with Crippen LogP contribution in [-0.2, 0) is 19.6 Å². The third-order valence-electron chi connectivity index (χ3n) is 4.52. The summed E-state index contributed by atoms with van der Waals surface area (Å²) in [5.41, 5.74) is 4.19. The Hall–Kier alpha value is -2.22. The fraction of sp³-hybridized carbons (Fsp3) is 0.381. The summed E-state index contributed by atoms with van der Waals surface area (Å²) in [6.07, 6.45) is 0.378. The van der Waals surface area contributed by atoms with Gasteiger partial charge in [0.25, 0.3) is 0 Å². The molecule has 0 spiro atoms. The van der Waals surface area contributed by atoms with Crippen LogP contribution in [0, 0.1) is 13.8 Å². The summed E-state index contributed by atoms with van der Waals surface area (Å²) >= 11 is 0. The molecule has 28 heavy (non-hydrogen) atoms. The molecule has 0 aliphatic rings. The molecule has 2 N–H and O–H groups in total. The third kappa shape index (κ3) is 6.74. The molecule has 0 saturated carbocycles. The van der Waals surface area contributed by atoms with E-state index in [1.54, 1.807) is 0 Å². The summed E-state index contributed by atoms with van der Waals surface area (Å²) in [5, 5.41) is 2.95. The molecular weight excluding hydrogens is 376 g/mol. The van der Waals surface area contributed by atoms with E-state index in [2.05, 4.69) is 10.0 Å². The van der Waals surface area contributed by atoms with Crippen molar-refractivity contribution in [3.8, 4) is 0 Å². The molecule has 0 aromatic heterocycles. The first-order valence-corrected chi connectivity index (χ1v) is 10.9. The molecule has 6 nitrogen and oxygen atoms in total. The molecule has 0 heterocycles. The molecule has 0 unspecified atom stereocenters. The van der Waals surface area contributed by atoms with Gasteiger partial charge in [0, 0.05) is 13.7 Å². The number of carbonyl (C=O) groups excluding carboxylic acids is 1. The molecule has 0 bridgehead atoms. The molecule has 0 fully saturated rings. The molecule has 7 heteroatoms. The zero-order chi connectivity index (χ0) is 20.6. The fourth-order valence-corrected chi connectivity index (χ4v) is 3.79. The number of hydrogen-bond donors (Lipinski definition) is 2. The monoisotopic (exact) mass is 404 g/mol. The van der Waals surface area contributed by atoms with Crippen molar-refractivity contribution in [1.82, 2.24) is 10.0 Å². The average molecular weight is 405 g/mol. The molecule has 152 valence electrons. The number of ether oxygens (including phenoxy) is 1. The Kier molecular flexibility index (Phi) is 8.17. The largest absolute Gasteiger partial charge is 0.385 e. The van der Waals surface area contributed by atoms with Gasteiger partial charge < -0.3 is 10.1 Å². The molecule has 1 amide bonds. The predicted molar refractivity (Wildman–Crippen MR) is 111 cm³/mol. The first-order chi connectivity index (χ1) is 13.3. The summed E-state index contributed by atoms with van der Waals surface area (Å²) in [6.45, 7) is 4.11. The number of methoxy groups -OCH3 is 1. The maximum absolute atomic E-state index is 12.5. The van der Waals surface area contributed by atoms with E-state index in [0.717, 1.165) is 16.7 Å². The Labute approximate surface area is 167 Å².